The summed E-state index contributed by atoms with van der Waals surface area (Å²) in [5, 5.41) is 0. The average molecular weight is 192 g/mol. The molecule has 0 aromatic heterocycles. The first kappa shape index (κ1) is 9.47. The monoisotopic (exact) mass is 192 g/mol. The molecule has 1 fully saturated rings. The molecule has 1 amide bonds. The Balaban J connectivity index is 2.48. The molecule has 1 aliphatic carbocycles. The molecule has 1 saturated carbocycles. The molecule has 5 nitrogen and oxygen atoms in total. The van der Waals surface area contributed by atoms with Gasteiger partial charge in [0, 0.05) is 6.54 Å². The van der Waals surface area contributed by atoms with E-state index >= 15 is 0 Å². The highest BCUT2D eigenvalue weighted by molar-refractivity contribution is 7.88. The summed E-state index contributed by atoms with van der Waals surface area (Å²) >= 11 is 0. The number of rotatable bonds is 4. The quantitative estimate of drug-likeness (QED) is 0.586. The fourth-order valence-electron chi connectivity index (χ4n) is 0.930. The lowest BCUT2D eigenvalue weighted by Crippen LogP contribution is -2.37. The number of hydrogen-bond acceptors (Lipinski definition) is 3. The lowest BCUT2D eigenvalue weighted by molar-refractivity contribution is -0.122. The van der Waals surface area contributed by atoms with Crippen molar-refractivity contribution in [3.8, 4) is 0 Å². The van der Waals surface area contributed by atoms with Crippen LogP contribution in [0.1, 0.15) is 12.8 Å². The largest absolute Gasteiger partial charge is 0.369 e. The van der Waals surface area contributed by atoms with E-state index in [0.717, 1.165) is 6.26 Å². The van der Waals surface area contributed by atoms with Gasteiger partial charge in [-0.25, -0.2) is 13.1 Å². The summed E-state index contributed by atoms with van der Waals surface area (Å²) in [5.41, 5.74) is 4.49. The molecule has 3 N–H and O–H groups in total. The summed E-state index contributed by atoms with van der Waals surface area (Å²) in [5.74, 6) is -0.418. The number of carbonyl (C=O) groups is 1. The van der Waals surface area contributed by atoms with Crippen LogP contribution in [-0.2, 0) is 14.8 Å². The van der Waals surface area contributed by atoms with Gasteiger partial charge < -0.3 is 5.73 Å². The van der Waals surface area contributed by atoms with Gasteiger partial charge in [0.1, 0.15) is 0 Å². The SMILES string of the molecule is CS(=O)(=O)NCC1(C(N)=O)CC1. The zero-order valence-electron chi connectivity index (χ0n) is 6.83. The molecular weight excluding hydrogens is 180 g/mol. The maximum Gasteiger partial charge on any atom is 0.224 e. The van der Waals surface area contributed by atoms with E-state index < -0.39 is 21.3 Å². The first-order chi connectivity index (χ1) is 5.36. The van der Waals surface area contributed by atoms with Crippen LogP contribution in [0.4, 0.5) is 0 Å². The van der Waals surface area contributed by atoms with Crippen molar-refractivity contribution in [2.45, 2.75) is 12.8 Å². The predicted octanol–water partition coefficient (Wildman–Crippen LogP) is -1.20. The summed E-state index contributed by atoms with van der Waals surface area (Å²) < 4.78 is 23.6. The Labute approximate surface area is 71.4 Å². The highest BCUT2D eigenvalue weighted by atomic mass is 32.2. The first-order valence-electron chi connectivity index (χ1n) is 3.60. The van der Waals surface area contributed by atoms with Gasteiger partial charge >= 0.3 is 0 Å². The molecule has 1 aliphatic rings. The van der Waals surface area contributed by atoms with Crippen LogP contribution in [0, 0.1) is 5.41 Å². The van der Waals surface area contributed by atoms with Crippen molar-refractivity contribution in [2.24, 2.45) is 11.1 Å². The second kappa shape index (κ2) is 2.70. The van der Waals surface area contributed by atoms with Crippen LogP contribution >= 0.6 is 0 Å². The summed E-state index contributed by atoms with van der Waals surface area (Å²) in [6.45, 7) is 0.140. The van der Waals surface area contributed by atoms with E-state index in [1.54, 1.807) is 0 Å². The van der Waals surface area contributed by atoms with E-state index in [4.69, 9.17) is 5.73 Å². The molecule has 12 heavy (non-hydrogen) atoms. The summed E-state index contributed by atoms with van der Waals surface area (Å²) in [7, 11) is -3.21. The van der Waals surface area contributed by atoms with E-state index in [-0.39, 0.29) is 6.54 Å². The minimum absolute atomic E-state index is 0.140. The van der Waals surface area contributed by atoms with Gasteiger partial charge in [0.05, 0.1) is 11.7 Å². The van der Waals surface area contributed by atoms with Crippen LogP contribution in [0.5, 0.6) is 0 Å². The summed E-state index contributed by atoms with van der Waals surface area (Å²) in [6.07, 6.45) is 2.43. The molecule has 0 aromatic carbocycles. The number of primary amides is 1. The van der Waals surface area contributed by atoms with Crippen molar-refractivity contribution in [3.63, 3.8) is 0 Å². The first-order valence-corrected chi connectivity index (χ1v) is 5.49. The topological polar surface area (TPSA) is 89.3 Å². The third-order valence-electron chi connectivity index (χ3n) is 2.05. The van der Waals surface area contributed by atoms with Gasteiger partial charge in [0.25, 0.3) is 0 Å². The van der Waals surface area contributed by atoms with Crippen LogP contribution in [0.25, 0.3) is 0 Å². The molecule has 0 aromatic rings. The lowest BCUT2D eigenvalue weighted by atomic mass is 10.1. The predicted molar refractivity (Wildman–Crippen MR) is 43.7 cm³/mol. The number of nitrogens with two attached hydrogens (primary N) is 1. The minimum atomic E-state index is -3.21. The van der Waals surface area contributed by atoms with Gasteiger partial charge in [-0.15, -0.1) is 0 Å². The fourth-order valence-corrected chi connectivity index (χ4v) is 1.47. The van der Waals surface area contributed by atoms with Gasteiger partial charge in [-0.2, -0.15) is 0 Å². The maximum atomic E-state index is 10.8. The highest BCUT2D eigenvalue weighted by Gasteiger charge is 2.48. The summed E-state index contributed by atoms with van der Waals surface area (Å²) in [4.78, 5) is 10.8. The Morgan fingerprint density at radius 1 is 1.58 bits per heavy atom. The van der Waals surface area contributed by atoms with Crippen LogP contribution in [-0.4, -0.2) is 27.1 Å². The zero-order chi connectivity index (χ0) is 9.41. The Bertz CT molecular complexity index is 292. The normalized spacial score (nSPS) is 20.4. The Hall–Kier alpha value is -0.620. The third-order valence-corrected chi connectivity index (χ3v) is 2.72. The van der Waals surface area contributed by atoms with Crippen LogP contribution in [0.3, 0.4) is 0 Å². The summed E-state index contributed by atoms with van der Waals surface area (Å²) in [6, 6.07) is 0. The second-order valence-corrected chi connectivity index (χ2v) is 5.07. The van der Waals surface area contributed by atoms with Gasteiger partial charge in [0.15, 0.2) is 0 Å². The van der Waals surface area contributed by atoms with Gasteiger partial charge in [-0.05, 0) is 12.8 Å². The second-order valence-electron chi connectivity index (χ2n) is 3.24. The number of nitrogens with one attached hydrogen (secondary N) is 1. The smallest absolute Gasteiger partial charge is 0.224 e. The fraction of sp³-hybridized carbons (Fsp3) is 0.833. The minimum Gasteiger partial charge on any atom is -0.369 e. The standard InChI is InChI=1S/C6H12N2O3S/c1-12(10,11)8-4-6(2-3-6)5(7)9/h8H,2-4H2,1H3,(H2,7,9). The van der Waals surface area contributed by atoms with Crippen molar-refractivity contribution in [1.29, 1.82) is 0 Å². The number of amides is 1. The van der Waals surface area contributed by atoms with E-state index in [2.05, 4.69) is 4.72 Å². The van der Waals surface area contributed by atoms with Gasteiger partial charge in [-0.3, -0.25) is 4.79 Å². The number of carbonyl (C=O) groups excluding carboxylic acids is 1. The Morgan fingerprint density at radius 2 is 2.08 bits per heavy atom. The van der Waals surface area contributed by atoms with E-state index in [9.17, 15) is 13.2 Å². The van der Waals surface area contributed by atoms with Crippen LogP contribution < -0.4 is 10.5 Å². The third kappa shape index (κ3) is 2.18. The van der Waals surface area contributed by atoms with Crippen LogP contribution in [0.2, 0.25) is 0 Å². The molecule has 0 heterocycles. The molecule has 0 saturated heterocycles. The molecule has 0 atom stereocenters. The van der Waals surface area contributed by atoms with Gasteiger partial charge in [-0.1, -0.05) is 0 Å². The Kier molecular flexibility index (Phi) is 2.13. The lowest BCUT2D eigenvalue weighted by Gasteiger charge is -2.09. The average Bonchev–Trinajstić information content (AvgIpc) is 2.61. The highest BCUT2D eigenvalue weighted by Crippen LogP contribution is 2.44. The molecular formula is C6H12N2O3S. The molecule has 0 spiro atoms. The maximum absolute atomic E-state index is 10.8. The van der Waals surface area contributed by atoms with E-state index in [0.29, 0.717) is 12.8 Å². The molecule has 0 aliphatic heterocycles. The molecule has 0 bridgehead atoms. The number of sulfonamides is 1. The van der Waals surface area contributed by atoms with Crippen molar-refractivity contribution < 1.29 is 13.2 Å². The van der Waals surface area contributed by atoms with Crippen molar-refractivity contribution in [2.75, 3.05) is 12.8 Å². The van der Waals surface area contributed by atoms with Crippen LogP contribution in [0.15, 0.2) is 0 Å². The van der Waals surface area contributed by atoms with Crippen molar-refractivity contribution >= 4 is 15.9 Å². The molecule has 1 rings (SSSR count). The van der Waals surface area contributed by atoms with E-state index in [1.165, 1.54) is 0 Å². The van der Waals surface area contributed by atoms with Crippen molar-refractivity contribution in [3.05, 3.63) is 0 Å². The molecule has 70 valence electrons. The Morgan fingerprint density at radius 3 is 2.33 bits per heavy atom. The zero-order valence-corrected chi connectivity index (χ0v) is 7.65. The molecule has 0 radical (unpaired) electrons. The van der Waals surface area contributed by atoms with Gasteiger partial charge in [0.2, 0.25) is 15.9 Å². The van der Waals surface area contributed by atoms with Crippen molar-refractivity contribution in [1.82, 2.24) is 4.72 Å². The van der Waals surface area contributed by atoms with E-state index in [1.807, 2.05) is 0 Å². The molecule has 6 heteroatoms. The number of hydrogen-bond donors (Lipinski definition) is 2. The molecule has 0 unspecified atom stereocenters.